The first-order valence-corrected chi connectivity index (χ1v) is 8.75. The Bertz CT molecular complexity index is 784. The van der Waals surface area contributed by atoms with Crippen LogP contribution in [0.25, 0.3) is 0 Å². The van der Waals surface area contributed by atoms with Gasteiger partial charge in [0.15, 0.2) is 5.96 Å². The maximum atomic E-state index is 12.0. The number of benzene rings is 1. The molecular formula is C19H25ClIN5O. The Morgan fingerprint density at radius 3 is 2.67 bits per heavy atom. The second kappa shape index (κ2) is 11.8. The van der Waals surface area contributed by atoms with Crippen LogP contribution in [0.1, 0.15) is 17.7 Å². The number of aryl methyl sites for hydroxylation is 1. The number of aromatic nitrogens is 1. The van der Waals surface area contributed by atoms with E-state index in [4.69, 9.17) is 11.6 Å². The average Bonchev–Trinajstić information content (AvgIpc) is 2.58. The molecular weight excluding hydrogens is 477 g/mol. The number of nitrogens with zero attached hydrogens (tertiary/aromatic N) is 3. The molecule has 2 rings (SSSR count). The Morgan fingerprint density at radius 2 is 2.00 bits per heavy atom. The summed E-state index contributed by atoms with van der Waals surface area (Å²) < 4.78 is 0. The number of guanidine groups is 1. The Labute approximate surface area is 182 Å². The molecule has 8 heteroatoms. The summed E-state index contributed by atoms with van der Waals surface area (Å²) in [7, 11) is 3.65. The van der Waals surface area contributed by atoms with Gasteiger partial charge in [0.25, 0.3) is 0 Å². The van der Waals surface area contributed by atoms with Crippen LogP contribution in [0.3, 0.4) is 0 Å². The van der Waals surface area contributed by atoms with Gasteiger partial charge in [-0.2, -0.15) is 0 Å². The van der Waals surface area contributed by atoms with Gasteiger partial charge in [-0.05, 0) is 36.8 Å². The normalized spacial score (nSPS) is 10.7. The van der Waals surface area contributed by atoms with E-state index in [0.717, 1.165) is 11.3 Å². The van der Waals surface area contributed by atoms with Crippen LogP contribution in [0.4, 0.5) is 5.82 Å². The lowest BCUT2D eigenvalue weighted by atomic mass is 10.2. The number of nitrogens with one attached hydrogen (secondary N) is 2. The lowest BCUT2D eigenvalue weighted by molar-refractivity contribution is -0.116. The van der Waals surface area contributed by atoms with E-state index in [2.05, 4.69) is 20.6 Å². The van der Waals surface area contributed by atoms with Crippen LogP contribution >= 0.6 is 35.6 Å². The summed E-state index contributed by atoms with van der Waals surface area (Å²) in [5.74, 6) is 1.19. The van der Waals surface area contributed by atoms with Crippen molar-refractivity contribution in [2.45, 2.75) is 19.9 Å². The zero-order chi connectivity index (χ0) is 18.9. The van der Waals surface area contributed by atoms with Gasteiger partial charge in [0, 0.05) is 44.3 Å². The van der Waals surface area contributed by atoms with Gasteiger partial charge in [-0.15, -0.1) is 24.0 Å². The highest BCUT2D eigenvalue weighted by atomic mass is 127. The Morgan fingerprint density at radius 1 is 1.26 bits per heavy atom. The van der Waals surface area contributed by atoms with Crippen molar-refractivity contribution in [3.8, 4) is 0 Å². The number of aliphatic imine (C=N–C) groups is 1. The van der Waals surface area contributed by atoms with Crippen molar-refractivity contribution in [1.82, 2.24) is 15.2 Å². The molecule has 0 unspecified atom stereocenters. The third kappa shape index (κ3) is 8.13. The maximum Gasteiger partial charge on any atom is 0.227 e. The van der Waals surface area contributed by atoms with Gasteiger partial charge in [0.1, 0.15) is 5.82 Å². The van der Waals surface area contributed by atoms with Crippen LogP contribution < -0.4 is 10.6 Å². The summed E-state index contributed by atoms with van der Waals surface area (Å²) in [6.07, 6.45) is 0.319. The topological polar surface area (TPSA) is 69.6 Å². The lowest BCUT2D eigenvalue weighted by Crippen LogP contribution is -2.39. The van der Waals surface area contributed by atoms with Crippen molar-refractivity contribution in [1.29, 1.82) is 0 Å². The highest BCUT2D eigenvalue weighted by Crippen LogP contribution is 2.12. The smallest absolute Gasteiger partial charge is 0.227 e. The van der Waals surface area contributed by atoms with Crippen LogP contribution in [0, 0.1) is 6.92 Å². The summed E-state index contributed by atoms with van der Waals surface area (Å²) in [5, 5.41) is 6.69. The van der Waals surface area contributed by atoms with Crippen molar-refractivity contribution in [2.75, 3.05) is 26.0 Å². The average molecular weight is 502 g/mol. The number of carbonyl (C=O) groups excluding carboxylic acids is 1. The molecule has 27 heavy (non-hydrogen) atoms. The molecule has 1 aromatic heterocycles. The van der Waals surface area contributed by atoms with E-state index in [1.165, 1.54) is 0 Å². The molecule has 0 spiro atoms. The van der Waals surface area contributed by atoms with Gasteiger partial charge in [0.05, 0.1) is 0 Å². The summed E-state index contributed by atoms with van der Waals surface area (Å²) in [6, 6.07) is 13.2. The maximum absolute atomic E-state index is 12.0. The molecule has 2 aromatic rings. The Hall–Kier alpha value is -1.87. The van der Waals surface area contributed by atoms with E-state index in [1.54, 1.807) is 13.1 Å². The Kier molecular flexibility index (Phi) is 10.1. The quantitative estimate of drug-likeness (QED) is 0.360. The van der Waals surface area contributed by atoms with E-state index >= 15 is 0 Å². The third-order valence-electron chi connectivity index (χ3n) is 3.67. The molecule has 2 N–H and O–H groups in total. The highest BCUT2D eigenvalue weighted by molar-refractivity contribution is 14.0. The molecule has 0 aliphatic heterocycles. The summed E-state index contributed by atoms with van der Waals surface area (Å²) in [5.41, 5.74) is 1.95. The second-order valence-electron chi connectivity index (χ2n) is 5.92. The van der Waals surface area contributed by atoms with Crippen LogP contribution in [-0.2, 0) is 11.3 Å². The minimum Gasteiger partial charge on any atom is -0.356 e. The van der Waals surface area contributed by atoms with E-state index in [-0.39, 0.29) is 29.9 Å². The first kappa shape index (κ1) is 23.2. The number of anilines is 1. The number of rotatable bonds is 6. The van der Waals surface area contributed by atoms with E-state index in [0.29, 0.717) is 36.3 Å². The minimum atomic E-state index is -0.0939. The summed E-state index contributed by atoms with van der Waals surface area (Å²) >= 11 is 6.02. The zero-order valence-electron chi connectivity index (χ0n) is 15.7. The second-order valence-corrected chi connectivity index (χ2v) is 6.36. The number of pyridine rings is 1. The fourth-order valence-electron chi connectivity index (χ4n) is 2.47. The van der Waals surface area contributed by atoms with Crippen LogP contribution in [-0.4, -0.2) is 42.4 Å². The summed E-state index contributed by atoms with van der Waals surface area (Å²) in [4.78, 5) is 22.5. The van der Waals surface area contributed by atoms with Gasteiger partial charge in [-0.1, -0.05) is 29.8 Å². The van der Waals surface area contributed by atoms with Gasteiger partial charge in [-0.3, -0.25) is 9.79 Å². The molecule has 6 nitrogen and oxygen atoms in total. The molecule has 0 aliphatic rings. The summed E-state index contributed by atoms with van der Waals surface area (Å²) in [6.45, 7) is 3.03. The van der Waals surface area contributed by atoms with Gasteiger partial charge in [0.2, 0.25) is 5.91 Å². The largest absolute Gasteiger partial charge is 0.356 e. The molecule has 0 saturated heterocycles. The van der Waals surface area contributed by atoms with Crippen molar-refractivity contribution in [3.63, 3.8) is 0 Å². The third-order valence-corrected chi connectivity index (χ3v) is 3.91. The van der Waals surface area contributed by atoms with Crippen molar-refractivity contribution >= 4 is 53.3 Å². The van der Waals surface area contributed by atoms with Gasteiger partial charge >= 0.3 is 0 Å². The highest BCUT2D eigenvalue weighted by Gasteiger charge is 2.08. The standard InChI is InChI=1S/C19H24ClN5O.HI/c1-14-6-4-9-17(23-14)24-18(26)10-11-22-19(21-2)25(3)13-15-7-5-8-16(20)12-15;/h4-9,12H,10-11,13H2,1-3H3,(H,21,22)(H,23,24,26);1H. The van der Waals surface area contributed by atoms with E-state index in [9.17, 15) is 4.79 Å². The first-order valence-electron chi connectivity index (χ1n) is 8.37. The zero-order valence-corrected chi connectivity index (χ0v) is 18.8. The number of hydrogen-bond donors (Lipinski definition) is 2. The molecule has 0 fully saturated rings. The molecule has 1 heterocycles. The molecule has 1 amide bonds. The van der Waals surface area contributed by atoms with Crippen molar-refractivity contribution in [3.05, 3.63) is 58.7 Å². The number of hydrogen-bond acceptors (Lipinski definition) is 3. The molecule has 0 radical (unpaired) electrons. The minimum absolute atomic E-state index is 0. The van der Waals surface area contributed by atoms with Gasteiger partial charge in [-0.25, -0.2) is 4.98 Å². The molecule has 0 aliphatic carbocycles. The van der Waals surface area contributed by atoms with E-state index in [1.807, 2.05) is 55.3 Å². The fourth-order valence-corrected chi connectivity index (χ4v) is 2.69. The van der Waals surface area contributed by atoms with Crippen LogP contribution in [0.2, 0.25) is 5.02 Å². The van der Waals surface area contributed by atoms with Crippen molar-refractivity contribution < 1.29 is 4.79 Å². The lowest BCUT2D eigenvalue weighted by Gasteiger charge is -2.22. The Balaban J connectivity index is 0.00000364. The van der Waals surface area contributed by atoms with Crippen molar-refractivity contribution in [2.24, 2.45) is 4.99 Å². The number of carbonyl (C=O) groups is 1. The molecule has 0 atom stereocenters. The van der Waals surface area contributed by atoms with Gasteiger partial charge < -0.3 is 15.5 Å². The molecule has 0 bridgehead atoms. The number of amides is 1. The first-order chi connectivity index (χ1) is 12.5. The van der Waals surface area contributed by atoms with Crippen LogP contribution in [0.15, 0.2) is 47.5 Å². The predicted molar refractivity (Wildman–Crippen MR) is 122 cm³/mol. The molecule has 146 valence electrons. The monoisotopic (exact) mass is 501 g/mol. The van der Waals surface area contributed by atoms with Crippen LogP contribution in [0.5, 0.6) is 0 Å². The van der Waals surface area contributed by atoms with E-state index < -0.39 is 0 Å². The predicted octanol–water partition coefficient (Wildman–Crippen LogP) is 3.70. The fraction of sp³-hybridized carbons (Fsp3) is 0.316. The molecule has 1 aromatic carbocycles. The number of halogens is 2. The molecule has 0 saturated carbocycles. The SMILES string of the molecule is CN=C(NCCC(=O)Nc1cccc(C)n1)N(C)Cc1cccc(Cl)c1.I.